The number of amides is 1. The van der Waals surface area contributed by atoms with Gasteiger partial charge in [-0.2, -0.15) is 5.26 Å². The van der Waals surface area contributed by atoms with Crippen LogP contribution in [0, 0.1) is 11.3 Å². The van der Waals surface area contributed by atoms with Gasteiger partial charge in [0.2, 0.25) is 5.91 Å². The Labute approximate surface area is 177 Å². The molecular weight excluding hydrogens is 382 g/mol. The van der Waals surface area contributed by atoms with Gasteiger partial charge in [0.1, 0.15) is 0 Å². The third-order valence-electron chi connectivity index (χ3n) is 6.82. The summed E-state index contributed by atoms with van der Waals surface area (Å²) in [6, 6.07) is 18.5. The highest BCUT2D eigenvalue weighted by Gasteiger charge is 2.44. The topological polar surface area (TPSA) is 70.1 Å². The van der Waals surface area contributed by atoms with Gasteiger partial charge < -0.3 is 5.73 Å². The van der Waals surface area contributed by atoms with Crippen LogP contribution in [-0.2, 0) is 5.41 Å². The Hall–Kier alpha value is -2.35. The molecule has 4 rings (SSSR count). The maximum absolute atomic E-state index is 11.6. The van der Waals surface area contributed by atoms with Gasteiger partial charge in [-0.1, -0.05) is 42.3 Å². The van der Waals surface area contributed by atoms with Crippen LogP contribution in [0.15, 0.2) is 48.5 Å². The summed E-state index contributed by atoms with van der Waals surface area (Å²) in [5.41, 5.74) is 8.49. The van der Waals surface area contributed by atoms with Crippen LogP contribution in [0.1, 0.15) is 59.5 Å². The van der Waals surface area contributed by atoms with Crippen LogP contribution in [0.25, 0.3) is 0 Å². The third kappa shape index (κ3) is 4.03. The zero-order chi connectivity index (χ0) is 20.4. The van der Waals surface area contributed by atoms with E-state index in [0.29, 0.717) is 16.6 Å². The lowest BCUT2D eigenvalue weighted by molar-refractivity contribution is 0.0501. The fourth-order valence-corrected chi connectivity index (χ4v) is 5.34. The SMILES string of the molecule is N#CC(CN1CCC2(c3cccc(C(N)=O)c3)CCCC1C2)c1ccc(Cl)cc1. The molecule has 3 atom stereocenters. The number of carbonyl (C=O) groups is 1. The summed E-state index contributed by atoms with van der Waals surface area (Å²) in [7, 11) is 0. The van der Waals surface area contributed by atoms with Gasteiger partial charge in [0.15, 0.2) is 0 Å². The van der Waals surface area contributed by atoms with Crippen molar-refractivity contribution < 1.29 is 4.79 Å². The van der Waals surface area contributed by atoms with E-state index in [1.165, 1.54) is 12.0 Å². The lowest BCUT2D eigenvalue weighted by Gasteiger charge is -2.51. The van der Waals surface area contributed by atoms with Gasteiger partial charge >= 0.3 is 0 Å². The van der Waals surface area contributed by atoms with Crippen molar-refractivity contribution in [2.24, 2.45) is 5.73 Å². The average molecular weight is 408 g/mol. The number of nitrogens with zero attached hydrogens (tertiary/aromatic N) is 2. The quantitative estimate of drug-likeness (QED) is 0.785. The highest BCUT2D eigenvalue weighted by Crippen LogP contribution is 2.47. The number of nitriles is 1. The van der Waals surface area contributed by atoms with Gasteiger partial charge in [0.25, 0.3) is 0 Å². The number of hydrogen-bond acceptors (Lipinski definition) is 3. The first-order valence-corrected chi connectivity index (χ1v) is 10.7. The van der Waals surface area contributed by atoms with Crippen molar-refractivity contribution in [3.05, 3.63) is 70.2 Å². The molecule has 1 heterocycles. The predicted molar refractivity (Wildman–Crippen MR) is 115 cm³/mol. The number of nitrogens with two attached hydrogens (primary N) is 1. The predicted octanol–water partition coefficient (Wildman–Crippen LogP) is 4.63. The Kier molecular flexibility index (Phi) is 5.63. The lowest BCUT2D eigenvalue weighted by atomic mass is 9.63. The van der Waals surface area contributed by atoms with Gasteiger partial charge in [-0.3, -0.25) is 9.69 Å². The van der Waals surface area contributed by atoms with Crippen LogP contribution in [0.4, 0.5) is 0 Å². The van der Waals surface area contributed by atoms with E-state index in [-0.39, 0.29) is 17.2 Å². The molecule has 1 aliphatic heterocycles. The molecule has 150 valence electrons. The highest BCUT2D eigenvalue weighted by atomic mass is 35.5. The van der Waals surface area contributed by atoms with E-state index in [0.717, 1.165) is 44.3 Å². The minimum absolute atomic E-state index is 0.118. The number of rotatable bonds is 5. The first-order valence-electron chi connectivity index (χ1n) is 10.3. The molecular formula is C24H26ClN3O. The molecule has 1 saturated carbocycles. The van der Waals surface area contributed by atoms with Crippen molar-refractivity contribution in [2.45, 2.75) is 49.5 Å². The van der Waals surface area contributed by atoms with Crippen molar-refractivity contribution in [3.63, 3.8) is 0 Å². The summed E-state index contributed by atoms with van der Waals surface area (Å²) in [5, 5.41) is 10.5. The molecule has 1 amide bonds. The fourth-order valence-electron chi connectivity index (χ4n) is 5.21. The van der Waals surface area contributed by atoms with Gasteiger partial charge in [-0.05, 0) is 73.0 Å². The highest BCUT2D eigenvalue weighted by molar-refractivity contribution is 6.30. The number of hydrogen-bond donors (Lipinski definition) is 1. The first kappa shape index (κ1) is 19.9. The van der Waals surface area contributed by atoms with E-state index < -0.39 is 0 Å². The van der Waals surface area contributed by atoms with Crippen molar-refractivity contribution >= 4 is 17.5 Å². The number of likely N-dealkylation sites (tertiary alicyclic amines) is 1. The summed E-state index contributed by atoms with van der Waals surface area (Å²) in [6.45, 7) is 1.72. The van der Waals surface area contributed by atoms with Gasteiger partial charge in [0.05, 0.1) is 12.0 Å². The van der Waals surface area contributed by atoms with Crippen LogP contribution >= 0.6 is 11.6 Å². The Morgan fingerprint density at radius 2 is 2.07 bits per heavy atom. The Morgan fingerprint density at radius 3 is 2.79 bits per heavy atom. The summed E-state index contributed by atoms with van der Waals surface area (Å²) >= 11 is 6.00. The summed E-state index contributed by atoms with van der Waals surface area (Å²) in [5.74, 6) is -0.521. The van der Waals surface area contributed by atoms with E-state index in [4.69, 9.17) is 17.3 Å². The molecule has 4 nitrogen and oxygen atoms in total. The minimum atomic E-state index is -0.368. The van der Waals surface area contributed by atoms with Crippen LogP contribution in [0.3, 0.4) is 0 Å². The standard InChI is InChI=1S/C24H26ClN3O/c25-21-8-6-17(7-9-21)19(15-26)16-28-12-11-24(10-2-5-22(28)14-24)20-4-1-3-18(13-20)23(27)29/h1,3-4,6-9,13,19,22H,2,5,10-12,14,16H2,(H2,27,29). The molecule has 2 aromatic carbocycles. The maximum Gasteiger partial charge on any atom is 0.248 e. The third-order valence-corrected chi connectivity index (χ3v) is 7.07. The fraction of sp³-hybridized carbons (Fsp3) is 0.417. The molecule has 3 unspecified atom stereocenters. The van der Waals surface area contributed by atoms with E-state index in [9.17, 15) is 10.1 Å². The molecule has 2 N–H and O–H groups in total. The molecule has 2 bridgehead atoms. The molecule has 29 heavy (non-hydrogen) atoms. The van der Waals surface area contributed by atoms with E-state index in [1.54, 1.807) is 6.07 Å². The summed E-state index contributed by atoms with van der Waals surface area (Å²) in [4.78, 5) is 14.1. The van der Waals surface area contributed by atoms with Crippen LogP contribution < -0.4 is 5.73 Å². The smallest absolute Gasteiger partial charge is 0.248 e. The Balaban J connectivity index is 1.52. The van der Waals surface area contributed by atoms with Crippen LogP contribution in [-0.4, -0.2) is 29.9 Å². The molecule has 5 heteroatoms. The minimum Gasteiger partial charge on any atom is -0.366 e. The van der Waals surface area contributed by atoms with Crippen molar-refractivity contribution in [1.82, 2.24) is 4.90 Å². The molecule has 2 fully saturated rings. The van der Waals surface area contributed by atoms with Crippen molar-refractivity contribution in [3.8, 4) is 6.07 Å². The molecule has 0 spiro atoms. The molecule has 2 aliphatic rings. The van der Waals surface area contributed by atoms with Gasteiger partial charge in [-0.15, -0.1) is 0 Å². The number of benzene rings is 2. The van der Waals surface area contributed by atoms with E-state index in [1.807, 2.05) is 36.4 Å². The monoisotopic (exact) mass is 407 g/mol. The normalized spacial score (nSPS) is 25.2. The largest absolute Gasteiger partial charge is 0.366 e. The van der Waals surface area contributed by atoms with E-state index in [2.05, 4.69) is 17.0 Å². The Morgan fingerprint density at radius 1 is 1.28 bits per heavy atom. The molecule has 0 aromatic heterocycles. The lowest BCUT2D eigenvalue weighted by Crippen LogP contribution is -2.52. The van der Waals surface area contributed by atoms with Crippen LogP contribution in [0.5, 0.6) is 0 Å². The second-order valence-electron chi connectivity index (χ2n) is 8.45. The molecule has 0 radical (unpaired) electrons. The second kappa shape index (κ2) is 8.18. The molecule has 1 aliphatic carbocycles. The number of fused-ring (bicyclic) bond motifs is 2. The van der Waals surface area contributed by atoms with Crippen molar-refractivity contribution in [1.29, 1.82) is 5.26 Å². The van der Waals surface area contributed by atoms with Gasteiger partial charge in [0, 0.05) is 23.2 Å². The number of primary amides is 1. The number of piperidine rings is 1. The van der Waals surface area contributed by atoms with E-state index >= 15 is 0 Å². The molecule has 2 aromatic rings. The zero-order valence-electron chi connectivity index (χ0n) is 16.5. The van der Waals surface area contributed by atoms with Crippen LogP contribution in [0.2, 0.25) is 5.02 Å². The number of halogens is 1. The summed E-state index contributed by atoms with van der Waals surface area (Å²) < 4.78 is 0. The zero-order valence-corrected chi connectivity index (χ0v) is 17.2. The van der Waals surface area contributed by atoms with Crippen molar-refractivity contribution in [2.75, 3.05) is 13.1 Å². The average Bonchev–Trinajstić information content (AvgIpc) is 2.74. The second-order valence-corrected chi connectivity index (χ2v) is 8.89. The Bertz CT molecular complexity index is 936. The van der Waals surface area contributed by atoms with Gasteiger partial charge in [-0.25, -0.2) is 0 Å². The maximum atomic E-state index is 11.6. The summed E-state index contributed by atoms with van der Waals surface area (Å²) in [6.07, 6.45) is 5.60. The first-order chi connectivity index (χ1) is 14.0. The molecule has 1 saturated heterocycles. The number of carbonyl (C=O) groups excluding carboxylic acids is 1.